The van der Waals surface area contributed by atoms with Crippen LogP contribution in [0.3, 0.4) is 0 Å². The fourth-order valence-electron chi connectivity index (χ4n) is 3.32. The highest BCUT2D eigenvalue weighted by molar-refractivity contribution is 6.31. The van der Waals surface area contributed by atoms with Crippen molar-refractivity contribution in [2.24, 2.45) is 0 Å². The first-order chi connectivity index (χ1) is 16.9. The monoisotopic (exact) mass is 517 g/mol. The number of hydrogen-bond acceptors (Lipinski definition) is 6. The van der Waals surface area contributed by atoms with Crippen LogP contribution in [-0.4, -0.2) is 27.8 Å². The van der Waals surface area contributed by atoms with Crippen molar-refractivity contribution in [3.05, 3.63) is 99.0 Å². The van der Waals surface area contributed by atoms with Gasteiger partial charge in [-0.05, 0) is 36.4 Å². The first-order valence-corrected chi connectivity index (χ1v) is 11.1. The van der Waals surface area contributed by atoms with Crippen LogP contribution in [0.1, 0.15) is 21.5 Å². The molecule has 0 aliphatic rings. The molecule has 1 heterocycles. The van der Waals surface area contributed by atoms with Crippen molar-refractivity contribution >= 4 is 41.0 Å². The molecular weight excluding hydrogens is 499 g/mol. The number of benzene rings is 3. The van der Waals surface area contributed by atoms with Crippen molar-refractivity contribution in [1.82, 2.24) is 14.8 Å². The van der Waals surface area contributed by atoms with Gasteiger partial charge in [-0.1, -0.05) is 47.5 Å². The molecule has 0 saturated heterocycles. The van der Waals surface area contributed by atoms with E-state index >= 15 is 0 Å². The van der Waals surface area contributed by atoms with E-state index in [4.69, 9.17) is 27.9 Å². The van der Waals surface area contributed by atoms with Gasteiger partial charge >= 0.3 is 0 Å². The Kier molecular flexibility index (Phi) is 7.48. The van der Waals surface area contributed by atoms with Crippen LogP contribution in [-0.2, 0) is 13.1 Å². The Morgan fingerprint density at radius 3 is 2.11 bits per heavy atom. The molecule has 2 N–H and O–H groups in total. The molecule has 7 nitrogen and oxygen atoms in total. The van der Waals surface area contributed by atoms with E-state index in [1.807, 2.05) is 0 Å². The molecule has 0 amide bonds. The minimum absolute atomic E-state index is 0.0161. The van der Waals surface area contributed by atoms with E-state index in [1.54, 1.807) is 36.4 Å². The standard InChI is InChI=1S/C24H19Cl2F2N5O2/c1-35-21-11-3-2-6-14(21)22(34)33-24(30-13-16-18(26)8-5-10-20(16)28)31-23(32-33)29-12-15-17(25)7-4-9-19(15)27/h2-11H,12-13H2,1H3,(H2,29,30,31,32). The van der Waals surface area contributed by atoms with E-state index in [0.29, 0.717) is 5.75 Å². The molecule has 0 aliphatic carbocycles. The average molecular weight is 518 g/mol. The van der Waals surface area contributed by atoms with Gasteiger partial charge in [0.2, 0.25) is 11.9 Å². The second-order valence-electron chi connectivity index (χ2n) is 7.28. The molecule has 3 aromatic carbocycles. The number of carbonyl (C=O) groups excluding carboxylic acids is 1. The number of halogens is 4. The molecule has 4 aromatic rings. The lowest BCUT2D eigenvalue weighted by Gasteiger charge is -2.10. The van der Waals surface area contributed by atoms with Gasteiger partial charge in [-0.25, -0.2) is 8.78 Å². The summed E-state index contributed by atoms with van der Waals surface area (Å²) in [4.78, 5) is 17.6. The highest BCUT2D eigenvalue weighted by Crippen LogP contribution is 2.24. The Morgan fingerprint density at radius 1 is 0.914 bits per heavy atom. The van der Waals surface area contributed by atoms with Gasteiger partial charge in [0.1, 0.15) is 17.4 Å². The van der Waals surface area contributed by atoms with E-state index < -0.39 is 17.5 Å². The normalized spacial score (nSPS) is 10.8. The maximum absolute atomic E-state index is 14.3. The number of nitrogens with zero attached hydrogens (tertiary/aromatic N) is 3. The first kappa shape index (κ1) is 24.4. The third-order valence-electron chi connectivity index (χ3n) is 5.11. The third kappa shape index (κ3) is 5.36. The van der Waals surface area contributed by atoms with Gasteiger partial charge in [-0.15, -0.1) is 5.10 Å². The Morgan fingerprint density at radius 2 is 1.51 bits per heavy atom. The Labute approximate surface area is 209 Å². The van der Waals surface area contributed by atoms with Crippen molar-refractivity contribution < 1.29 is 18.3 Å². The number of carbonyl (C=O) groups is 1. The van der Waals surface area contributed by atoms with Crippen LogP contribution in [0.5, 0.6) is 5.75 Å². The number of ether oxygens (including phenoxy) is 1. The Balaban J connectivity index is 1.66. The molecule has 0 unspecified atom stereocenters. The largest absolute Gasteiger partial charge is 0.496 e. The number of hydrogen-bond donors (Lipinski definition) is 2. The van der Waals surface area contributed by atoms with Crippen molar-refractivity contribution in [2.45, 2.75) is 13.1 Å². The molecule has 0 saturated carbocycles. The predicted octanol–water partition coefficient (Wildman–Crippen LogP) is 5.78. The Bertz CT molecular complexity index is 1340. The summed E-state index contributed by atoms with van der Waals surface area (Å²) in [5.41, 5.74) is 0.644. The van der Waals surface area contributed by atoms with Gasteiger partial charge in [0.05, 0.1) is 12.7 Å². The molecule has 0 fully saturated rings. The number of anilines is 2. The summed E-state index contributed by atoms with van der Waals surface area (Å²) in [6.07, 6.45) is 0. The molecule has 180 valence electrons. The summed E-state index contributed by atoms with van der Waals surface area (Å²) in [5.74, 6) is -1.18. The number of rotatable bonds is 8. The number of methoxy groups -OCH3 is 1. The summed E-state index contributed by atoms with van der Waals surface area (Å²) in [5, 5.41) is 10.4. The summed E-state index contributed by atoms with van der Waals surface area (Å²) in [6.45, 7) is -0.0983. The lowest BCUT2D eigenvalue weighted by molar-refractivity contribution is 0.0944. The minimum Gasteiger partial charge on any atom is -0.496 e. The number of nitrogens with one attached hydrogen (secondary N) is 2. The summed E-state index contributed by atoms with van der Waals surface area (Å²) in [6, 6.07) is 15.3. The van der Waals surface area contributed by atoms with Gasteiger partial charge in [0.15, 0.2) is 0 Å². The molecule has 11 heteroatoms. The van der Waals surface area contributed by atoms with Gasteiger partial charge in [-0.2, -0.15) is 9.67 Å². The molecule has 0 bridgehead atoms. The molecule has 0 aliphatic heterocycles. The quantitative estimate of drug-likeness (QED) is 0.308. The van der Waals surface area contributed by atoms with Crippen molar-refractivity contribution in [3.8, 4) is 5.75 Å². The molecule has 35 heavy (non-hydrogen) atoms. The van der Waals surface area contributed by atoms with Gasteiger partial charge < -0.3 is 15.4 Å². The minimum atomic E-state index is -0.547. The SMILES string of the molecule is COc1ccccc1C(=O)n1nc(NCc2c(F)cccc2Cl)nc1NCc1c(F)cccc1Cl. The van der Waals surface area contributed by atoms with Crippen LogP contribution < -0.4 is 15.4 Å². The molecule has 0 spiro atoms. The van der Waals surface area contributed by atoms with E-state index in [0.717, 1.165) is 4.68 Å². The zero-order chi connectivity index (χ0) is 24.9. The highest BCUT2D eigenvalue weighted by atomic mass is 35.5. The lowest BCUT2D eigenvalue weighted by atomic mass is 10.2. The van der Waals surface area contributed by atoms with Gasteiger partial charge in [-0.3, -0.25) is 4.79 Å². The van der Waals surface area contributed by atoms with Crippen LogP contribution in [0.25, 0.3) is 0 Å². The smallest absolute Gasteiger partial charge is 0.285 e. The highest BCUT2D eigenvalue weighted by Gasteiger charge is 2.22. The fourth-order valence-corrected chi connectivity index (χ4v) is 3.78. The molecular formula is C24H19Cl2F2N5O2. The fraction of sp³-hybridized carbons (Fsp3) is 0.125. The summed E-state index contributed by atoms with van der Waals surface area (Å²) < 4.78 is 34.7. The van der Waals surface area contributed by atoms with Crippen LogP contribution in [0.15, 0.2) is 60.7 Å². The van der Waals surface area contributed by atoms with Gasteiger partial charge in [0, 0.05) is 34.3 Å². The summed E-state index contributed by atoms with van der Waals surface area (Å²) >= 11 is 12.2. The molecule has 0 atom stereocenters. The average Bonchev–Trinajstić information content (AvgIpc) is 3.26. The van der Waals surface area contributed by atoms with Crippen LogP contribution >= 0.6 is 23.2 Å². The second kappa shape index (κ2) is 10.7. The number of para-hydroxylation sites is 1. The second-order valence-corrected chi connectivity index (χ2v) is 8.10. The molecule has 0 radical (unpaired) electrons. The lowest BCUT2D eigenvalue weighted by Crippen LogP contribution is -2.18. The zero-order valence-corrected chi connectivity index (χ0v) is 19.9. The zero-order valence-electron chi connectivity index (χ0n) is 18.4. The molecule has 4 rings (SSSR count). The van der Waals surface area contributed by atoms with Crippen LogP contribution in [0, 0.1) is 11.6 Å². The van der Waals surface area contributed by atoms with Crippen LogP contribution in [0.4, 0.5) is 20.7 Å². The summed E-state index contributed by atoms with van der Waals surface area (Å²) in [7, 11) is 1.44. The molecule has 1 aromatic heterocycles. The maximum atomic E-state index is 14.3. The number of aromatic nitrogens is 3. The van der Waals surface area contributed by atoms with Gasteiger partial charge in [0.25, 0.3) is 5.91 Å². The predicted molar refractivity (Wildman–Crippen MR) is 130 cm³/mol. The maximum Gasteiger partial charge on any atom is 0.285 e. The van der Waals surface area contributed by atoms with Crippen molar-refractivity contribution in [3.63, 3.8) is 0 Å². The van der Waals surface area contributed by atoms with Crippen molar-refractivity contribution in [2.75, 3.05) is 17.7 Å². The van der Waals surface area contributed by atoms with Crippen molar-refractivity contribution in [1.29, 1.82) is 0 Å². The topological polar surface area (TPSA) is 81.1 Å². The van der Waals surface area contributed by atoms with E-state index in [1.165, 1.54) is 31.4 Å². The third-order valence-corrected chi connectivity index (χ3v) is 5.82. The van der Waals surface area contributed by atoms with Crippen LogP contribution in [0.2, 0.25) is 10.0 Å². The first-order valence-electron chi connectivity index (χ1n) is 10.4. The van der Waals surface area contributed by atoms with E-state index in [-0.39, 0.29) is 51.7 Å². The van der Waals surface area contributed by atoms with E-state index in [2.05, 4.69) is 20.7 Å². The Hall–Kier alpha value is -3.69. The van der Waals surface area contributed by atoms with E-state index in [9.17, 15) is 13.6 Å².